The third kappa shape index (κ3) is 2.12. The molecule has 0 saturated carbocycles. The van der Waals surface area contributed by atoms with Crippen LogP contribution < -0.4 is 5.32 Å². The number of ether oxygens (including phenoxy) is 1. The molecule has 2 nitrogen and oxygen atoms in total. The van der Waals surface area contributed by atoms with E-state index >= 15 is 0 Å². The third-order valence-electron chi connectivity index (χ3n) is 2.77. The van der Waals surface area contributed by atoms with Gasteiger partial charge in [0, 0.05) is 16.9 Å². The second-order valence-corrected chi connectivity index (χ2v) is 5.37. The molecule has 0 aromatic heterocycles. The van der Waals surface area contributed by atoms with Crippen LogP contribution in [0.5, 0.6) is 0 Å². The first-order chi connectivity index (χ1) is 7.48. The molecule has 2 rings (SSSR count). The Kier molecular flexibility index (Phi) is 2.76. The zero-order valence-corrected chi connectivity index (χ0v) is 10.2. The molecule has 1 heterocycles. The van der Waals surface area contributed by atoms with Gasteiger partial charge in [0.25, 0.3) is 0 Å². The molecule has 2 heteroatoms. The molecule has 0 bridgehead atoms. The Hall–Kier alpha value is -1.28. The van der Waals surface area contributed by atoms with Crippen LogP contribution in [0.2, 0.25) is 0 Å². The molecule has 1 aromatic rings. The molecule has 1 atom stereocenters. The van der Waals surface area contributed by atoms with Crippen molar-refractivity contribution in [3.8, 4) is 0 Å². The second kappa shape index (κ2) is 3.95. The lowest BCUT2D eigenvalue weighted by atomic mass is 9.84. The summed E-state index contributed by atoms with van der Waals surface area (Å²) >= 11 is 0. The normalized spacial score (nSPS) is 20.9. The van der Waals surface area contributed by atoms with E-state index in [4.69, 9.17) is 4.74 Å². The maximum atomic E-state index is 5.94. The molecule has 1 aliphatic rings. The first-order valence-electron chi connectivity index (χ1n) is 5.64. The van der Waals surface area contributed by atoms with E-state index in [0.29, 0.717) is 6.61 Å². The minimum absolute atomic E-state index is 0.0857. The molecule has 0 saturated heterocycles. The van der Waals surface area contributed by atoms with E-state index in [2.05, 4.69) is 50.9 Å². The molecule has 0 amide bonds. The highest BCUT2D eigenvalue weighted by atomic mass is 16.5. The van der Waals surface area contributed by atoms with Crippen LogP contribution in [0, 0.1) is 5.41 Å². The summed E-state index contributed by atoms with van der Waals surface area (Å²) in [7, 11) is 0. The molecule has 86 valence electrons. The summed E-state index contributed by atoms with van der Waals surface area (Å²) in [6.45, 7) is 11.1. The number of fused-ring (bicyclic) bond motifs is 1. The summed E-state index contributed by atoms with van der Waals surface area (Å²) in [4.78, 5) is 0. The SMILES string of the molecule is C=C1COC(C(C)(C)C)c2ccccc2N1. The lowest BCUT2D eigenvalue weighted by Gasteiger charge is -2.30. The zero-order valence-electron chi connectivity index (χ0n) is 10.2. The Morgan fingerprint density at radius 3 is 2.69 bits per heavy atom. The highest BCUT2D eigenvalue weighted by Gasteiger charge is 2.30. The molecule has 0 radical (unpaired) electrons. The Morgan fingerprint density at radius 2 is 2.00 bits per heavy atom. The number of anilines is 1. The van der Waals surface area contributed by atoms with Gasteiger partial charge in [-0.3, -0.25) is 0 Å². The topological polar surface area (TPSA) is 21.3 Å². The molecule has 0 fully saturated rings. The molecular weight excluding hydrogens is 198 g/mol. The van der Waals surface area contributed by atoms with Gasteiger partial charge in [0.05, 0.1) is 12.7 Å². The van der Waals surface area contributed by atoms with E-state index in [0.717, 1.165) is 11.4 Å². The highest BCUT2D eigenvalue weighted by molar-refractivity contribution is 5.56. The molecule has 0 aliphatic carbocycles. The van der Waals surface area contributed by atoms with Crippen molar-refractivity contribution < 1.29 is 4.74 Å². The Balaban J connectivity index is 2.46. The molecule has 1 aliphatic heterocycles. The van der Waals surface area contributed by atoms with Gasteiger partial charge in [0.1, 0.15) is 0 Å². The van der Waals surface area contributed by atoms with Gasteiger partial charge in [0.15, 0.2) is 0 Å². The monoisotopic (exact) mass is 217 g/mol. The van der Waals surface area contributed by atoms with Gasteiger partial charge in [-0.25, -0.2) is 0 Å². The van der Waals surface area contributed by atoms with Crippen molar-refractivity contribution in [2.45, 2.75) is 26.9 Å². The van der Waals surface area contributed by atoms with Crippen molar-refractivity contribution in [1.82, 2.24) is 0 Å². The summed E-state index contributed by atoms with van der Waals surface area (Å²) in [6, 6.07) is 8.28. The predicted octanol–water partition coefficient (Wildman–Crippen LogP) is 3.73. The third-order valence-corrected chi connectivity index (χ3v) is 2.77. The minimum atomic E-state index is 0.0857. The maximum absolute atomic E-state index is 5.94. The van der Waals surface area contributed by atoms with Gasteiger partial charge < -0.3 is 10.1 Å². The van der Waals surface area contributed by atoms with Gasteiger partial charge in [-0.1, -0.05) is 45.5 Å². The van der Waals surface area contributed by atoms with Crippen molar-refractivity contribution in [3.05, 3.63) is 42.1 Å². The van der Waals surface area contributed by atoms with E-state index in [1.165, 1.54) is 5.56 Å². The largest absolute Gasteiger partial charge is 0.367 e. The van der Waals surface area contributed by atoms with Crippen LogP contribution in [0.3, 0.4) is 0 Å². The quantitative estimate of drug-likeness (QED) is 0.715. The minimum Gasteiger partial charge on any atom is -0.367 e. The standard InChI is InChI=1S/C14H19NO/c1-10-9-16-13(14(2,3)4)11-7-5-6-8-12(11)15-10/h5-8,13,15H,1,9H2,2-4H3. The average Bonchev–Trinajstić information content (AvgIpc) is 2.34. The van der Waals surface area contributed by atoms with Gasteiger partial charge in [-0.2, -0.15) is 0 Å². The van der Waals surface area contributed by atoms with E-state index in [1.54, 1.807) is 0 Å². The number of rotatable bonds is 0. The van der Waals surface area contributed by atoms with E-state index in [9.17, 15) is 0 Å². The Morgan fingerprint density at radius 1 is 1.31 bits per heavy atom. The van der Waals surface area contributed by atoms with Crippen LogP contribution in [0.25, 0.3) is 0 Å². The number of nitrogens with one attached hydrogen (secondary N) is 1. The highest BCUT2D eigenvalue weighted by Crippen LogP contribution is 2.41. The lowest BCUT2D eigenvalue weighted by molar-refractivity contribution is -0.00524. The van der Waals surface area contributed by atoms with E-state index in [1.807, 2.05) is 6.07 Å². The average molecular weight is 217 g/mol. The zero-order chi connectivity index (χ0) is 11.8. The fourth-order valence-electron chi connectivity index (χ4n) is 2.06. The molecule has 16 heavy (non-hydrogen) atoms. The van der Waals surface area contributed by atoms with Crippen molar-refractivity contribution in [2.75, 3.05) is 11.9 Å². The van der Waals surface area contributed by atoms with Crippen LogP contribution in [-0.2, 0) is 4.74 Å². The Bertz CT molecular complexity index is 403. The van der Waals surface area contributed by atoms with Crippen molar-refractivity contribution in [2.24, 2.45) is 5.41 Å². The van der Waals surface area contributed by atoms with Crippen LogP contribution in [0.4, 0.5) is 5.69 Å². The van der Waals surface area contributed by atoms with Crippen molar-refractivity contribution in [3.63, 3.8) is 0 Å². The van der Waals surface area contributed by atoms with Gasteiger partial charge in [0.2, 0.25) is 0 Å². The van der Waals surface area contributed by atoms with Crippen LogP contribution in [-0.4, -0.2) is 6.61 Å². The summed E-state index contributed by atoms with van der Waals surface area (Å²) in [5.41, 5.74) is 3.33. The second-order valence-electron chi connectivity index (χ2n) is 5.37. The number of hydrogen-bond donors (Lipinski definition) is 1. The molecule has 1 aromatic carbocycles. The number of hydrogen-bond acceptors (Lipinski definition) is 2. The van der Waals surface area contributed by atoms with E-state index < -0.39 is 0 Å². The maximum Gasteiger partial charge on any atom is 0.0898 e. The molecule has 1 unspecified atom stereocenters. The summed E-state index contributed by atoms with van der Waals surface area (Å²) < 4.78 is 5.94. The summed E-state index contributed by atoms with van der Waals surface area (Å²) in [5, 5.41) is 3.30. The molecular formula is C14H19NO. The number of benzene rings is 1. The van der Waals surface area contributed by atoms with Crippen molar-refractivity contribution >= 4 is 5.69 Å². The van der Waals surface area contributed by atoms with Crippen LogP contribution >= 0.6 is 0 Å². The van der Waals surface area contributed by atoms with Gasteiger partial charge >= 0.3 is 0 Å². The fraction of sp³-hybridized carbons (Fsp3) is 0.429. The van der Waals surface area contributed by atoms with Gasteiger partial charge in [-0.05, 0) is 11.5 Å². The fourth-order valence-corrected chi connectivity index (χ4v) is 2.06. The first kappa shape index (κ1) is 11.2. The molecule has 0 spiro atoms. The summed E-state index contributed by atoms with van der Waals surface area (Å²) in [6.07, 6.45) is 0.107. The molecule has 1 N–H and O–H groups in total. The number of para-hydroxylation sites is 1. The summed E-state index contributed by atoms with van der Waals surface area (Å²) in [5.74, 6) is 0. The van der Waals surface area contributed by atoms with Crippen molar-refractivity contribution in [1.29, 1.82) is 0 Å². The smallest absolute Gasteiger partial charge is 0.0898 e. The predicted molar refractivity (Wildman–Crippen MR) is 67.4 cm³/mol. The van der Waals surface area contributed by atoms with Crippen LogP contribution in [0.1, 0.15) is 32.4 Å². The van der Waals surface area contributed by atoms with E-state index in [-0.39, 0.29) is 11.5 Å². The Labute approximate surface area is 97.3 Å². The van der Waals surface area contributed by atoms with Crippen LogP contribution in [0.15, 0.2) is 36.5 Å². The lowest BCUT2D eigenvalue weighted by Crippen LogP contribution is -2.21. The van der Waals surface area contributed by atoms with Gasteiger partial charge in [-0.15, -0.1) is 0 Å². The first-order valence-corrected chi connectivity index (χ1v) is 5.64.